The average molecular weight is 253 g/mol. The first-order valence-electron chi connectivity index (χ1n) is 6.21. The van der Waals surface area contributed by atoms with E-state index in [1.54, 1.807) is 11.6 Å². The summed E-state index contributed by atoms with van der Waals surface area (Å²) in [5.41, 5.74) is 0.553. The van der Waals surface area contributed by atoms with Crippen LogP contribution in [0.3, 0.4) is 0 Å². The van der Waals surface area contributed by atoms with Crippen molar-refractivity contribution >= 4 is 11.5 Å². The molecule has 0 spiro atoms. The van der Waals surface area contributed by atoms with Crippen LogP contribution in [-0.4, -0.2) is 33.8 Å². The Morgan fingerprint density at radius 2 is 2.33 bits per heavy atom. The van der Waals surface area contributed by atoms with Gasteiger partial charge in [-0.05, 0) is 33.7 Å². The van der Waals surface area contributed by atoms with Crippen molar-refractivity contribution in [1.82, 2.24) is 15.1 Å². The summed E-state index contributed by atoms with van der Waals surface area (Å²) >= 11 is 0. The van der Waals surface area contributed by atoms with E-state index < -0.39 is 0 Å². The van der Waals surface area contributed by atoms with E-state index in [0.29, 0.717) is 11.5 Å². The number of hydrogen-bond acceptors (Lipinski definition) is 5. The number of aryl methyl sites for hydroxylation is 1. The topological polar surface area (TPSA) is 85.0 Å². The molecule has 2 heterocycles. The minimum Gasteiger partial charge on any atom is -0.360 e. The molecular formula is C11H19N5O2. The molecule has 0 saturated carbocycles. The van der Waals surface area contributed by atoms with Gasteiger partial charge in [0.25, 0.3) is 0 Å². The third-order valence-corrected chi connectivity index (χ3v) is 3.13. The van der Waals surface area contributed by atoms with Crippen molar-refractivity contribution in [1.29, 1.82) is 0 Å². The maximum Gasteiger partial charge on any atom is 0.333 e. The number of nitrogens with one attached hydrogen (secondary N) is 2. The first-order valence-corrected chi connectivity index (χ1v) is 6.21. The molecule has 0 amide bonds. The lowest BCUT2D eigenvalue weighted by Crippen LogP contribution is -2.24. The highest BCUT2D eigenvalue weighted by molar-refractivity contribution is 5.60. The molecule has 7 heteroatoms. The summed E-state index contributed by atoms with van der Waals surface area (Å²) in [5, 5.41) is 21.9. The van der Waals surface area contributed by atoms with E-state index in [1.165, 1.54) is 0 Å². The predicted octanol–water partition coefficient (Wildman–Crippen LogP) is 1.45. The van der Waals surface area contributed by atoms with Crippen LogP contribution in [0, 0.1) is 17.0 Å². The van der Waals surface area contributed by atoms with Crippen molar-refractivity contribution in [3.63, 3.8) is 0 Å². The fraction of sp³-hybridized carbons (Fsp3) is 0.727. The quantitative estimate of drug-likeness (QED) is 0.626. The van der Waals surface area contributed by atoms with Gasteiger partial charge in [0, 0.05) is 18.6 Å². The zero-order chi connectivity index (χ0) is 13.3. The highest BCUT2D eigenvalue weighted by Gasteiger charge is 2.28. The van der Waals surface area contributed by atoms with Crippen molar-refractivity contribution in [2.75, 3.05) is 18.4 Å². The van der Waals surface area contributed by atoms with Gasteiger partial charge in [-0.1, -0.05) is 0 Å². The lowest BCUT2D eigenvalue weighted by molar-refractivity contribution is -0.384. The zero-order valence-electron chi connectivity index (χ0n) is 10.9. The molecule has 0 aliphatic carbocycles. The Hall–Kier alpha value is -1.63. The molecule has 1 aromatic heterocycles. The highest BCUT2D eigenvalue weighted by atomic mass is 16.6. The molecule has 0 radical (unpaired) electrons. The summed E-state index contributed by atoms with van der Waals surface area (Å²) in [5.74, 6) is 0.529. The minimum absolute atomic E-state index is 0.0919. The molecule has 1 atom stereocenters. The van der Waals surface area contributed by atoms with Gasteiger partial charge in [-0.2, -0.15) is 5.10 Å². The van der Waals surface area contributed by atoms with E-state index in [0.717, 1.165) is 19.5 Å². The standard InChI is InChI=1S/C11H19N5O2/c1-7(2)15-11(13-9-4-5-12-6-9)10(16(17)18)8(3)14-15/h7,9,12-13H,4-6H2,1-3H3. The molecule has 0 bridgehead atoms. The molecule has 2 N–H and O–H groups in total. The minimum atomic E-state index is -0.355. The van der Waals surface area contributed by atoms with E-state index in [1.807, 2.05) is 13.8 Å². The van der Waals surface area contributed by atoms with Crippen molar-refractivity contribution in [2.45, 2.75) is 39.3 Å². The number of rotatable bonds is 4. The maximum absolute atomic E-state index is 11.1. The SMILES string of the molecule is Cc1nn(C(C)C)c(NC2CCNC2)c1[N+](=O)[O-]. The summed E-state index contributed by atoms with van der Waals surface area (Å²) in [6, 6.07) is 0.326. The molecular weight excluding hydrogens is 234 g/mol. The van der Waals surface area contributed by atoms with Crippen molar-refractivity contribution in [3.8, 4) is 0 Å². The molecule has 1 aliphatic rings. The Labute approximate surface area is 106 Å². The Kier molecular flexibility index (Phi) is 3.51. The first kappa shape index (κ1) is 12.8. The van der Waals surface area contributed by atoms with Gasteiger partial charge in [-0.15, -0.1) is 0 Å². The van der Waals surface area contributed by atoms with Crippen LogP contribution in [0.25, 0.3) is 0 Å². The fourth-order valence-electron chi connectivity index (χ4n) is 2.24. The number of hydrogen-bond donors (Lipinski definition) is 2. The third kappa shape index (κ3) is 2.31. The number of nitro groups is 1. The lowest BCUT2D eigenvalue weighted by atomic mass is 10.2. The Bertz CT molecular complexity index is 449. The second-order valence-corrected chi connectivity index (χ2v) is 4.91. The fourth-order valence-corrected chi connectivity index (χ4v) is 2.24. The van der Waals surface area contributed by atoms with Gasteiger partial charge < -0.3 is 10.6 Å². The third-order valence-electron chi connectivity index (χ3n) is 3.13. The van der Waals surface area contributed by atoms with Crippen molar-refractivity contribution < 1.29 is 4.92 Å². The van der Waals surface area contributed by atoms with Gasteiger partial charge in [-0.3, -0.25) is 10.1 Å². The smallest absolute Gasteiger partial charge is 0.333 e. The summed E-state index contributed by atoms with van der Waals surface area (Å²) in [4.78, 5) is 10.8. The highest BCUT2D eigenvalue weighted by Crippen LogP contribution is 2.31. The van der Waals surface area contributed by atoms with E-state index in [-0.39, 0.29) is 22.7 Å². The molecule has 1 fully saturated rings. The summed E-state index contributed by atoms with van der Waals surface area (Å²) in [7, 11) is 0. The van der Waals surface area contributed by atoms with Crippen LogP contribution in [-0.2, 0) is 0 Å². The van der Waals surface area contributed by atoms with E-state index >= 15 is 0 Å². The lowest BCUT2D eigenvalue weighted by Gasteiger charge is -2.15. The van der Waals surface area contributed by atoms with Gasteiger partial charge >= 0.3 is 5.69 Å². The molecule has 1 aliphatic heterocycles. The predicted molar refractivity (Wildman–Crippen MR) is 68.9 cm³/mol. The molecule has 7 nitrogen and oxygen atoms in total. The second kappa shape index (κ2) is 4.93. The van der Waals surface area contributed by atoms with Crippen LogP contribution >= 0.6 is 0 Å². The van der Waals surface area contributed by atoms with Crippen molar-refractivity contribution in [3.05, 3.63) is 15.8 Å². The van der Waals surface area contributed by atoms with Crippen LogP contribution in [0.5, 0.6) is 0 Å². The molecule has 18 heavy (non-hydrogen) atoms. The molecule has 100 valence electrons. The first-order chi connectivity index (χ1) is 8.50. The van der Waals surface area contributed by atoms with Crippen LogP contribution in [0.4, 0.5) is 11.5 Å². The van der Waals surface area contributed by atoms with Gasteiger partial charge in [-0.25, -0.2) is 4.68 Å². The van der Waals surface area contributed by atoms with E-state index in [4.69, 9.17) is 0 Å². The van der Waals surface area contributed by atoms with E-state index in [2.05, 4.69) is 15.7 Å². The van der Waals surface area contributed by atoms with Crippen LogP contribution in [0.1, 0.15) is 32.0 Å². The molecule has 1 saturated heterocycles. The van der Waals surface area contributed by atoms with Gasteiger partial charge in [0.1, 0.15) is 5.69 Å². The summed E-state index contributed by atoms with van der Waals surface area (Å²) in [6.45, 7) is 7.39. The van der Waals surface area contributed by atoms with Crippen molar-refractivity contribution in [2.24, 2.45) is 0 Å². The molecule has 1 unspecified atom stereocenters. The largest absolute Gasteiger partial charge is 0.360 e. The summed E-state index contributed by atoms with van der Waals surface area (Å²) < 4.78 is 1.70. The van der Waals surface area contributed by atoms with Crippen LogP contribution in [0.2, 0.25) is 0 Å². The van der Waals surface area contributed by atoms with Gasteiger partial charge in [0.05, 0.1) is 4.92 Å². The molecule has 0 aromatic carbocycles. The second-order valence-electron chi connectivity index (χ2n) is 4.91. The normalized spacial score (nSPS) is 19.4. The van der Waals surface area contributed by atoms with Crippen LogP contribution < -0.4 is 10.6 Å². The Morgan fingerprint density at radius 3 is 2.83 bits per heavy atom. The Balaban J connectivity index is 2.36. The number of anilines is 1. The average Bonchev–Trinajstić information content (AvgIpc) is 2.86. The van der Waals surface area contributed by atoms with Gasteiger partial charge in [0.15, 0.2) is 0 Å². The van der Waals surface area contributed by atoms with E-state index in [9.17, 15) is 10.1 Å². The maximum atomic E-state index is 11.1. The number of aromatic nitrogens is 2. The zero-order valence-corrected chi connectivity index (χ0v) is 10.9. The number of nitrogens with zero attached hydrogens (tertiary/aromatic N) is 3. The Morgan fingerprint density at radius 1 is 1.61 bits per heavy atom. The molecule has 1 aromatic rings. The molecule has 2 rings (SSSR count). The summed E-state index contributed by atoms with van der Waals surface area (Å²) in [6.07, 6.45) is 0.972. The monoisotopic (exact) mass is 253 g/mol. The van der Waals surface area contributed by atoms with Gasteiger partial charge in [0.2, 0.25) is 5.82 Å². The van der Waals surface area contributed by atoms with Crippen LogP contribution in [0.15, 0.2) is 0 Å².